The number of nitrogens with two attached hydrogens (primary N) is 1. The highest BCUT2D eigenvalue weighted by atomic mass is 19.4. The fraction of sp³-hybridized carbons (Fsp3) is 0.588. The second kappa shape index (κ2) is 6.91. The third-order valence-corrected chi connectivity index (χ3v) is 4.45. The van der Waals surface area contributed by atoms with E-state index in [2.05, 4.69) is 12.2 Å². The summed E-state index contributed by atoms with van der Waals surface area (Å²) in [7, 11) is 0. The van der Waals surface area contributed by atoms with Crippen LogP contribution in [0.2, 0.25) is 0 Å². The number of nitrogens with one attached hydrogen (secondary N) is 1. The van der Waals surface area contributed by atoms with Crippen molar-refractivity contribution in [3.05, 3.63) is 35.4 Å². The molecule has 1 aliphatic carbocycles. The van der Waals surface area contributed by atoms with E-state index in [1.807, 2.05) is 0 Å². The normalized spacial score (nSPS) is 17.6. The largest absolute Gasteiger partial charge is 0.416 e. The van der Waals surface area contributed by atoms with Crippen molar-refractivity contribution < 1.29 is 18.0 Å². The number of carbonyl (C=O) groups excluding carboxylic acids is 1. The van der Waals surface area contributed by atoms with Crippen molar-refractivity contribution in [1.82, 2.24) is 5.32 Å². The van der Waals surface area contributed by atoms with Crippen molar-refractivity contribution >= 4 is 5.91 Å². The van der Waals surface area contributed by atoms with Crippen LogP contribution in [-0.4, -0.2) is 18.5 Å². The number of hydrogen-bond donors (Lipinski definition) is 2. The van der Waals surface area contributed by atoms with Crippen LogP contribution in [0.1, 0.15) is 50.2 Å². The smallest absolute Gasteiger partial charge is 0.351 e. The number of alkyl halides is 3. The van der Waals surface area contributed by atoms with Gasteiger partial charge in [-0.05, 0) is 30.9 Å². The molecule has 0 bridgehead atoms. The molecule has 1 saturated carbocycles. The lowest BCUT2D eigenvalue weighted by Gasteiger charge is -2.22. The Morgan fingerprint density at radius 3 is 2.61 bits per heavy atom. The van der Waals surface area contributed by atoms with Crippen molar-refractivity contribution in [2.45, 2.75) is 56.7 Å². The van der Waals surface area contributed by atoms with E-state index in [0.717, 1.165) is 31.4 Å². The van der Waals surface area contributed by atoms with Crippen molar-refractivity contribution in [1.29, 1.82) is 0 Å². The molecular formula is C17H23F3N2O. The number of hydrogen-bond acceptors (Lipinski definition) is 2. The predicted molar refractivity (Wildman–Crippen MR) is 82.9 cm³/mol. The van der Waals surface area contributed by atoms with Crippen molar-refractivity contribution in [2.24, 2.45) is 5.73 Å². The van der Waals surface area contributed by atoms with Crippen LogP contribution in [0.4, 0.5) is 13.2 Å². The van der Waals surface area contributed by atoms with E-state index in [0.29, 0.717) is 24.9 Å². The molecule has 1 aromatic carbocycles. The first-order chi connectivity index (χ1) is 10.8. The minimum Gasteiger partial charge on any atom is -0.351 e. The molecule has 1 aliphatic rings. The molecule has 0 aliphatic heterocycles. The van der Waals surface area contributed by atoms with E-state index in [4.69, 9.17) is 5.73 Å². The highest BCUT2D eigenvalue weighted by molar-refractivity contribution is 5.91. The average molecular weight is 328 g/mol. The summed E-state index contributed by atoms with van der Waals surface area (Å²) in [4.78, 5) is 12.6. The summed E-state index contributed by atoms with van der Waals surface area (Å²) in [6.07, 6.45) is -0.499. The van der Waals surface area contributed by atoms with Crippen molar-refractivity contribution in [3.63, 3.8) is 0 Å². The Balaban J connectivity index is 2.14. The Bertz CT molecular complexity index is 553. The SMILES string of the molecule is CCCCC(CN)NC(=O)C1(c2cccc(C(F)(F)F)c2)CC1. The van der Waals surface area contributed by atoms with Gasteiger partial charge in [0.15, 0.2) is 0 Å². The lowest BCUT2D eigenvalue weighted by molar-refractivity contribution is -0.137. The molecule has 2 rings (SSSR count). The zero-order valence-electron chi connectivity index (χ0n) is 13.2. The maximum atomic E-state index is 12.9. The molecule has 1 aromatic rings. The van der Waals surface area contributed by atoms with Gasteiger partial charge in [-0.3, -0.25) is 4.79 Å². The Morgan fingerprint density at radius 2 is 2.09 bits per heavy atom. The summed E-state index contributed by atoms with van der Waals surface area (Å²) >= 11 is 0. The third-order valence-electron chi connectivity index (χ3n) is 4.45. The monoisotopic (exact) mass is 328 g/mol. The second-order valence-corrected chi connectivity index (χ2v) is 6.21. The first-order valence-electron chi connectivity index (χ1n) is 8.02. The van der Waals surface area contributed by atoms with Crippen LogP contribution in [0.5, 0.6) is 0 Å². The van der Waals surface area contributed by atoms with Crippen LogP contribution in [0.15, 0.2) is 24.3 Å². The third kappa shape index (κ3) is 4.05. The quantitative estimate of drug-likeness (QED) is 0.806. The summed E-state index contributed by atoms with van der Waals surface area (Å²) in [5, 5.41) is 2.92. The summed E-state index contributed by atoms with van der Waals surface area (Å²) < 4.78 is 38.6. The molecule has 6 heteroatoms. The number of halogens is 3. The van der Waals surface area contributed by atoms with Gasteiger partial charge in [0, 0.05) is 12.6 Å². The predicted octanol–water partition coefficient (Wildman–Crippen LogP) is 3.37. The molecule has 23 heavy (non-hydrogen) atoms. The highest BCUT2D eigenvalue weighted by Gasteiger charge is 2.52. The topological polar surface area (TPSA) is 55.1 Å². The minimum absolute atomic E-state index is 0.120. The molecule has 1 atom stereocenters. The van der Waals surface area contributed by atoms with Crippen LogP contribution in [-0.2, 0) is 16.4 Å². The molecular weight excluding hydrogens is 305 g/mol. The summed E-state index contributed by atoms with van der Waals surface area (Å²) in [5.41, 5.74) is 4.59. The lowest BCUT2D eigenvalue weighted by atomic mass is 9.92. The number of unbranched alkanes of at least 4 members (excludes halogenated alkanes) is 1. The second-order valence-electron chi connectivity index (χ2n) is 6.21. The molecule has 0 saturated heterocycles. The number of amides is 1. The van der Waals surface area contributed by atoms with E-state index < -0.39 is 17.2 Å². The van der Waals surface area contributed by atoms with Gasteiger partial charge in [-0.15, -0.1) is 0 Å². The van der Waals surface area contributed by atoms with E-state index in [9.17, 15) is 18.0 Å². The molecule has 128 valence electrons. The molecule has 0 spiro atoms. The minimum atomic E-state index is -4.40. The highest BCUT2D eigenvalue weighted by Crippen LogP contribution is 2.49. The first-order valence-corrected chi connectivity index (χ1v) is 8.02. The van der Waals surface area contributed by atoms with Crippen LogP contribution >= 0.6 is 0 Å². The van der Waals surface area contributed by atoms with Gasteiger partial charge in [-0.1, -0.05) is 38.0 Å². The fourth-order valence-electron chi connectivity index (χ4n) is 2.79. The van der Waals surface area contributed by atoms with E-state index in [1.165, 1.54) is 6.07 Å². The molecule has 3 nitrogen and oxygen atoms in total. The van der Waals surface area contributed by atoms with Gasteiger partial charge in [-0.2, -0.15) is 13.2 Å². The molecule has 0 aromatic heterocycles. The van der Waals surface area contributed by atoms with Crippen LogP contribution in [0.25, 0.3) is 0 Å². The summed E-state index contributed by atoms with van der Waals surface area (Å²) in [6, 6.07) is 4.97. The zero-order chi connectivity index (χ0) is 17.1. The molecule has 3 N–H and O–H groups in total. The van der Waals surface area contributed by atoms with Crippen LogP contribution < -0.4 is 11.1 Å². The maximum Gasteiger partial charge on any atom is 0.416 e. The Hall–Kier alpha value is -1.56. The number of benzene rings is 1. The molecule has 0 radical (unpaired) electrons. The van der Waals surface area contributed by atoms with Gasteiger partial charge in [0.1, 0.15) is 0 Å². The average Bonchev–Trinajstić information content (AvgIpc) is 3.32. The van der Waals surface area contributed by atoms with Gasteiger partial charge in [0.25, 0.3) is 0 Å². The number of rotatable bonds is 7. The van der Waals surface area contributed by atoms with Gasteiger partial charge in [0.05, 0.1) is 11.0 Å². The van der Waals surface area contributed by atoms with Gasteiger partial charge >= 0.3 is 6.18 Å². The Kier molecular flexibility index (Phi) is 5.34. The Labute approximate surface area is 134 Å². The molecule has 1 unspecified atom stereocenters. The molecule has 1 fully saturated rings. The van der Waals surface area contributed by atoms with Crippen LogP contribution in [0.3, 0.4) is 0 Å². The standard InChI is InChI=1S/C17H23F3N2O/c1-2-3-7-14(11-21)22-15(23)16(8-9-16)12-5-4-6-13(10-12)17(18,19)20/h4-6,10,14H,2-3,7-9,11,21H2,1H3,(H,22,23). The molecule has 0 heterocycles. The summed E-state index contributed by atoms with van der Waals surface area (Å²) in [5.74, 6) is -0.205. The lowest BCUT2D eigenvalue weighted by Crippen LogP contribution is -2.45. The maximum absolute atomic E-state index is 12.9. The van der Waals surface area contributed by atoms with E-state index in [1.54, 1.807) is 6.07 Å². The van der Waals surface area contributed by atoms with E-state index in [-0.39, 0.29) is 11.9 Å². The van der Waals surface area contributed by atoms with Gasteiger partial charge in [-0.25, -0.2) is 0 Å². The Morgan fingerprint density at radius 1 is 1.39 bits per heavy atom. The van der Waals surface area contributed by atoms with Crippen molar-refractivity contribution in [2.75, 3.05) is 6.54 Å². The first kappa shape index (κ1) is 17.8. The molecule has 1 amide bonds. The number of carbonyl (C=O) groups is 1. The van der Waals surface area contributed by atoms with Crippen LogP contribution in [0, 0.1) is 0 Å². The van der Waals surface area contributed by atoms with Gasteiger partial charge < -0.3 is 11.1 Å². The summed E-state index contributed by atoms with van der Waals surface area (Å²) in [6.45, 7) is 2.39. The van der Waals surface area contributed by atoms with E-state index >= 15 is 0 Å². The fourth-order valence-corrected chi connectivity index (χ4v) is 2.79. The van der Waals surface area contributed by atoms with Crippen molar-refractivity contribution in [3.8, 4) is 0 Å². The zero-order valence-corrected chi connectivity index (χ0v) is 13.2. The van der Waals surface area contributed by atoms with Gasteiger partial charge in [0.2, 0.25) is 5.91 Å².